The Kier molecular flexibility index (Phi) is 5.52. The number of nitrogens with one attached hydrogen (secondary N) is 1. The van der Waals surface area contributed by atoms with Gasteiger partial charge in [-0.3, -0.25) is 9.52 Å². The first-order chi connectivity index (χ1) is 11.9. The highest BCUT2D eigenvalue weighted by Crippen LogP contribution is 2.34. The number of hydrogen-bond acceptors (Lipinski definition) is 3. The summed E-state index contributed by atoms with van der Waals surface area (Å²) < 4.78 is 65.5. The molecule has 1 amide bonds. The number of carbonyl (C=O) groups is 1. The summed E-state index contributed by atoms with van der Waals surface area (Å²) in [5, 5.41) is -0.356. The van der Waals surface area contributed by atoms with E-state index in [1.807, 2.05) is 0 Å². The number of rotatable bonds is 4. The van der Waals surface area contributed by atoms with Gasteiger partial charge in [-0.15, -0.1) is 0 Å². The minimum absolute atomic E-state index is 0.0196. The average Bonchev–Trinajstić information content (AvgIpc) is 2.53. The number of nitrogens with zero attached hydrogens (tertiary/aromatic N) is 1. The van der Waals surface area contributed by atoms with E-state index < -0.39 is 26.7 Å². The van der Waals surface area contributed by atoms with Crippen molar-refractivity contribution in [2.24, 2.45) is 0 Å². The molecule has 1 N–H and O–H groups in total. The fourth-order valence-electron chi connectivity index (χ4n) is 2.07. The summed E-state index contributed by atoms with van der Waals surface area (Å²) in [6, 6.07) is 7.59. The van der Waals surface area contributed by atoms with E-state index in [0.29, 0.717) is 12.1 Å². The quantitative estimate of drug-likeness (QED) is 0.838. The standard InChI is InChI=1S/C16H14ClF3N2O3S/c1-22(2)15(23)10-4-3-5-12(8-10)21-26(24,25)14-9-11(16(18,19)20)6-7-13(14)17/h3-9,21H,1-2H3. The van der Waals surface area contributed by atoms with Crippen LogP contribution in [0.5, 0.6) is 0 Å². The lowest BCUT2D eigenvalue weighted by Crippen LogP contribution is -2.22. The number of anilines is 1. The molecule has 0 aliphatic rings. The van der Waals surface area contributed by atoms with E-state index in [1.165, 1.54) is 43.3 Å². The minimum Gasteiger partial charge on any atom is -0.345 e. The van der Waals surface area contributed by atoms with Crippen molar-refractivity contribution in [2.45, 2.75) is 11.1 Å². The molecule has 140 valence electrons. The van der Waals surface area contributed by atoms with Crippen LogP contribution in [-0.4, -0.2) is 33.3 Å². The topological polar surface area (TPSA) is 66.5 Å². The highest BCUT2D eigenvalue weighted by molar-refractivity contribution is 7.92. The van der Waals surface area contributed by atoms with Gasteiger partial charge < -0.3 is 4.90 Å². The van der Waals surface area contributed by atoms with Crippen LogP contribution in [0, 0.1) is 0 Å². The van der Waals surface area contributed by atoms with Gasteiger partial charge in [-0.2, -0.15) is 13.2 Å². The maximum absolute atomic E-state index is 12.8. The second-order valence-electron chi connectivity index (χ2n) is 5.53. The molecule has 2 aromatic carbocycles. The molecule has 0 aliphatic carbocycles. The molecule has 0 aliphatic heterocycles. The number of carbonyl (C=O) groups excluding carboxylic acids is 1. The van der Waals surface area contributed by atoms with Crippen LogP contribution >= 0.6 is 11.6 Å². The minimum atomic E-state index is -4.72. The second kappa shape index (κ2) is 7.16. The summed E-state index contributed by atoms with van der Waals surface area (Å²) in [6.07, 6.45) is -4.72. The molecule has 0 saturated heterocycles. The van der Waals surface area contributed by atoms with Crippen LogP contribution in [0.4, 0.5) is 18.9 Å². The highest BCUT2D eigenvalue weighted by atomic mass is 35.5. The largest absolute Gasteiger partial charge is 0.416 e. The van der Waals surface area contributed by atoms with E-state index in [0.717, 1.165) is 6.07 Å². The molecule has 0 unspecified atom stereocenters. The van der Waals surface area contributed by atoms with Gasteiger partial charge in [0, 0.05) is 25.3 Å². The Morgan fingerprint density at radius 3 is 2.35 bits per heavy atom. The molecule has 0 fully saturated rings. The number of alkyl halides is 3. The highest BCUT2D eigenvalue weighted by Gasteiger charge is 2.32. The lowest BCUT2D eigenvalue weighted by molar-refractivity contribution is -0.137. The van der Waals surface area contributed by atoms with Crippen molar-refractivity contribution in [2.75, 3.05) is 18.8 Å². The molecule has 0 aromatic heterocycles. The Labute approximate surface area is 153 Å². The Bertz CT molecular complexity index is 944. The van der Waals surface area contributed by atoms with Crippen molar-refractivity contribution in [1.29, 1.82) is 0 Å². The molecule has 26 heavy (non-hydrogen) atoms. The van der Waals surface area contributed by atoms with Crippen molar-refractivity contribution >= 4 is 33.2 Å². The van der Waals surface area contributed by atoms with Gasteiger partial charge in [0.1, 0.15) is 4.90 Å². The van der Waals surface area contributed by atoms with E-state index in [4.69, 9.17) is 11.6 Å². The van der Waals surface area contributed by atoms with Gasteiger partial charge in [0.25, 0.3) is 15.9 Å². The van der Waals surface area contributed by atoms with E-state index >= 15 is 0 Å². The van der Waals surface area contributed by atoms with Gasteiger partial charge in [-0.1, -0.05) is 17.7 Å². The molecule has 0 spiro atoms. The third-order valence-electron chi connectivity index (χ3n) is 3.32. The van der Waals surface area contributed by atoms with Crippen LogP contribution in [0.1, 0.15) is 15.9 Å². The fourth-order valence-corrected chi connectivity index (χ4v) is 3.65. The van der Waals surface area contributed by atoms with E-state index in [-0.39, 0.29) is 22.2 Å². The number of hydrogen-bond donors (Lipinski definition) is 1. The fraction of sp³-hybridized carbons (Fsp3) is 0.188. The van der Waals surface area contributed by atoms with Gasteiger partial charge in [0.05, 0.1) is 10.6 Å². The zero-order valence-electron chi connectivity index (χ0n) is 13.6. The summed E-state index contributed by atoms with van der Waals surface area (Å²) >= 11 is 5.77. The van der Waals surface area contributed by atoms with E-state index in [2.05, 4.69) is 4.72 Å². The zero-order valence-corrected chi connectivity index (χ0v) is 15.2. The van der Waals surface area contributed by atoms with Crippen LogP contribution < -0.4 is 4.72 Å². The van der Waals surface area contributed by atoms with Crippen molar-refractivity contribution in [3.63, 3.8) is 0 Å². The summed E-state index contributed by atoms with van der Waals surface area (Å²) in [5.41, 5.74) is -0.907. The normalized spacial score (nSPS) is 11.9. The molecule has 2 rings (SSSR count). The third kappa shape index (κ3) is 4.47. The van der Waals surface area contributed by atoms with Gasteiger partial charge >= 0.3 is 6.18 Å². The molecule has 2 aromatic rings. The van der Waals surface area contributed by atoms with Crippen molar-refractivity contribution in [3.05, 3.63) is 58.6 Å². The first-order valence-electron chi connectivity index (χ1n) is 7.13. The second-order valence-corrected chi connectivity index (χ2v) is 7.59. The predicted molar refractivity (Wildman–Crippen MR) is 91.7 cm³/mol. The summed E-state index contributed by atoms with van der Waals surface area (Å²) in [7, 11) is -1.34. The third-order valence-corrected chi connectivity index (χ3v) is 5.18. The molecule has 0 bridgehead atoms. The van der Waals surface area contributed by atoms with Crippen LogP contribution in [0.2, 0.25) is 5.02 Å². The van der Waals surface area contributed by atoms with Gasteiger partial charge in [-0.05, 0) is 36.4 Å². The summed E-state index contributed by atoms with van der Waals surface area (Å²) in [4.78, 5) is 12.5. The summed E-state index contributed by atoms with van der Waals surface area (Å²) in [6.45, 7) is 0. The van der Waals surface area contributed by atoms with Gasteiger partial charge in [0.2, 0.25) is 0 Å². The zero-order chi connectivity index (χ0) is 19.7. The molecule has 0 heterocycles. The Hall–Kier alpha value is -2.26. The van der Waals surface area contributed by atoms with Gasteiger partial charge in [-0.25, -0.2) is 8.42 Å². The van der Waals surface area contributed by atoms with Gasteiger partial charge in [0.15, 0.2) is 0 Å². The SMILES string of the molecule is CN(C)C(=O)c1cccc(NS(=O)(=O)c2cc(C(F)(F)F)ccc2Cl)c1. The lowest BCUT2D eigenvalue weighted by Gasteiger charge is -2.14. The number of halogens is 4. The molecule has 5 nitrogen and oxygen atoms in total. The van der Waals surface area contributed by atoms with Crippen LogP contribution in [0.25, 0.3) is 0 Å². The molecule has 0 saturated carbocycles. The first kappa shape index (κ1) is 20.1. The maximum atomic E-state index is 12.8. The Morgan fingerprint density at radius 2 is 1.77 bits per heavy atom. The Morgan fingerprint density at radius 1 is 1.12 bits per heavy atom. The van der Waals surface area contributed by atoms with Crippen molar-refractivity contribution < 1.29 is 26.4 Å². The van der Waals surface area contributed by atoms with Crippen LogP contribution in [-0.2, 0) is 16.2 Å². The molecular formula is C16H14ClF3N2O3S. The summed E-state index contributed by atoms with van der Waals surface area (Å²) in [5.74, 6) is -0.358. The first-order valence-corrected chi connectivity index (χ1v) is 8.99. The van der Waals surface area contributed by atoms with E-state index in [1.54, 1.807) is 0 Å². The van der Waals surface area contributed by atoms with Crippen LogP contribution in [0.3, 0.4) is 0 Å². The Balaban J connectivity index is 2.41. The predicted octanol–water partition coefficient (Wildman–Crippen LogP) is 3.86. The number of amides is 1. The van der Waals surface area contributed by atoms with Crippen molar-refractivity contribution in [1.82, 2.24) is 4.90 Å². The maximum Gasteiger partial charge on any atom is 0.416 e. The molecule has 0 atom stereocenters. The van der Waals surface area contributed by atoms with Crippen molar-refractivity contribution in [3.8, 4) is 0 Å². The molecule has 10 heteroatoms. The lowest BCUT2D eigenvalue weighted by atomic mass is 10.2. The average molecular weight is 407 g/mol. The van der Waals surface area contributed by atoms with Crippen LogP contribution in [0.15, 0.2) is 47.4 Å². The molecule has 0 radical (unpaired) electrons. The van der Waals surface area contributed by atoms with E-state index in [9.17, 15) is 26.4 Å². The monoisotopic (exact) mass is 406 g/mol. The number of benzene rings is 2. The molecular weight excluding hydrogens is 393 g/mol. The smallest absolute Gasteiger partial charge is 0.345 e. The number of sulfonamides is 1.